The van der Waals surface area contributed by atoms with Crippen LogP contribution in [0.15, 0.2) is 0 Å². The fourth-order valence-corrected chi connectivity index (χ4v) is 7.54. The van der Waals surface area contributed by atoms with Crippen molar-refractivity contribution in [3.63, 3.8) is 0 Å². The van der Waals surface area contributed by atoms with Crippen LogP contribution in [-0.2, 0) is 0 Å². The lowest BCUT2D eigenvalue weighted by Gasteiger charge is -2.58. The largest absolute Gasteiger partial charge is 0.330 e. The maximum absolute atomic E-state index is 6.48. The van der Waals surface area contributed by atoms with Crippen LogP contribution in [0.5, 0.6) is 0 Å². The number of piperidine rings is 1. The third kappa shape index (κ3) is 3.05. The molecule has 0 aromatic heterocycles. The van der Waals surface area contributed by atoms with E-state index in [-0.39, 0.29) is 0 Å². The monoisotopic (exact) mass is 334 g/mol. The summed E-state index contributed by atoms with van der Waals surface area (Å²) >= 11 is 0. The molecule has 8 atom stereocenters. The van der Waals surface area contributed by atoms with E-state index in [2.05, 4.69) is 6.92 Å². The van der Waals surface area contributed by atoms with E-state index in [4.69, 9.17) is 11.5 Å². The van der Waals surface area contributed by atoms with Crippen molar-refractivity contribution in [1.82, 2.24) is 0 Å². The van der Waals surface area contributed by atoms with Gasteiger partial charge in [-0.15, -0.1) is 0 Å². The van der Waals surface area contributed by atoms with Crippen molar-refractivity contribution in [3.8, 4) is 0 Å². The molecular weight excluding hydrogens is 294 g/mol. The fraction of sp³-hybridized carbons (Fsp3) is 1.00. The Kier molecular flexibility index (Phi) is 5.22. The second-order valence-electron chi connectivity index (χ2n) is 9.60. The first kappa shape index (κ1) is 17.3. The van der Waals surface area contributed by atoms with Gasteiger partial charge in [0.1, 0.15) is 0 Å². The molecule has 4 rings (SSSR count). The Balaban J connectivity index is 1.65. The molecule has 0 aromatic rings. The van der Waals surface area contributed by atoms with E-state index in [0.717, 1.165) is 35.8 Å². The molecule has 3 heteroatoms. The molecule has 3 aliphatic carbocycles. The number of hydrogen-bond donors (Lipinski definition) is 3. The van der Waals surface area contributed by atoms with Crippen LogP contribution in [0, 0.1) is 23.7 Å². The average molecular weight is 335 g/mol. The van der Waals surface area contributed by atoms with Gasteiger partial charge in [-0.3, -0.25) is 0 Å². The van der Waals surface area contributed by atoms with Gasteiger partial charge in [-0.2, -0.15) is 0 Å². The Morgan fingerprint density at radius 1 is 0.750 bits per heavy atom. The van der Waals surface area contributed by atoms with E-state index in [9.17, 15) is 0 Å². The predicted molar refractivity (Wildman–Crippen MR) is 99.8 cm³/mol. The average Bonchev–Trinajstić information content (AvgIpc) is 2.61. The van der Waals surface area contributed by atoms with Gasteiger partial charge in [0.2, 0.25) is 0 Å². The van der Waals surface area contributed by atoms with Gasteiger partial charge in [0.15, 0.2) is 0 Å². The van der Waals surface area contributed by atoms with Gasteiger partial charge in [0.05, 0.1) is 18.6 Å². The minimum absolute atomic E-state index is 0.460. The Morgan fingerprint density at radius 2 is 1.42 bits per heavy atom. The molecule has 1 aliphatic heterocycles. The molecule has 0 aromatic carbocycles. The van der Waals surface area contributed by atoms with Crippen molar-refractivity contribution >= 4 is 0 Å². The molecule has 0 spiro atoms. The number of quaternary nitrogens is 1. The summed E-state index contributed by atoms with van der Waals surface area (Å²) in [5.74, 6) is 3.77. The summed E-state index contributed by atoms with van der Waals surface area (Å²) < 4.78 is 0. The molecule has 24 heavy (non-hydrogen) atoms. The highest BCUT2D eigenvalue weighted by Gasteiger charge is 2.55. The fourth-order valence-electron chi connectivity index (χ4n) is 7.54. The zero-order chi connectivity index (χ0) is 16.7. The number of hydrogen-bond acceptors (Lipinski definition) is 2. The van der Waals surface area contributed by atoms with E-state index in [0.29, 0.717) is 12.1 Å². The summed E-state index contributed by atoms with van der Waals surface area (Å²) in [5, 5.41) is 0. The molecule has 5 N–H and O–H groups in total. The first-order chi connectivity index (χ1) is 11.7. The van der Waals surface area contributed by atoms with E-state index in [1.54, 1.807) is 0 Å². The number of nitrogens with one attached hydrogen (secondary N) is 1. The van der Waals surface area contributed by atoms with Crippen LogP contribution in [0.1, 0.15) is 77.6 Å². The second kappa shape index (κ2) is 7.25. The van der Waals surface area contributed by atoms with Crippen molar-refractivity contribution in [2.24, 2.45) is 35.1 Å². The molecule has 3 nitrogen and oxygen atoms in total. The van der Waals surface area contributed by atoms with E-state index in [1.165, 1.54) is 77.2 Å². The smallest absolute Gasteiger partial charge is 0.0937 e. The maximum atomic E-state index is 6.48. The molecule has 4 aliphatic rings. The second-order valence-corrected chi connectivity index (χ2v) is 9.60. The Labute approximate surface area is 148 Å². The van der Waals surface area contributed by atoms with Crippen molar-refractivity contribution in [2.75, 3.05) is 6.54 Å². The molecule has 0 bridgehead atoms. The molecule has 8 unspecified atom stereocenters. The van der Waals surface area contributed by atoms with Gasteiger partial charge in [-0.05, 0) is 57.8 Å². The minimum atomic E-state index is 0.460. The lowest BCUT2D eigenvalue weighted by molar-refractivity contribution is -0.969. The Bertz CT molecular complexity index is 419. The predicted octanol–water partition coefficient (Wildman–Crippen LogP) is 2.09. The van der Waals surface area contributed by atoms with E-state index >= 15 is 0 Å². The summed E-state index contributed by atoms with van der Waals surface area (Å²) in [4.78, 5) is 1.94. The van der Waals surface area contributed by atoms with Crippen molar-refractivity contribution in [3.05, 3.63) is 0 Å². The molecule has 0 amide bonds. The first-order valence-electron chi connectivity index (χ1n) is 11.1. The summed E-state index contributed by atoms with van der Waals surface area (Å²) in [5.41, 5.74) is 12.9. The lowest BCUT2D eigenvalue weighted by atomic mass is 9.56. The van der Waals surface area contributed by atoms with E-state index < -0.39 is 0 Å². The zero-order valence-electron chi connectivity index (χ0n) is 15.8. The first-order valence-corrected chi connectivity index (χ1v) is 11.1. The summed E-state index contributed by atoms with van der Waals surface area (Å²) in [6.45, 7) is 3.74. The van der Waals surface area contributed by atoms with Crippen molar-refractivity contribution in [1.29, 1.82) is 0 Å². The summed E-state index contributed by atoms with van der Waals surface area (Å²) in [7, 11) is 0. The van der Waals surface area contributed by atoms with Crippen molar-refractivity contribution < 1.29 is 4.90 Å². The quantitative estimate of drug-likeness (QED) is 0.724. The van der Waals surface area contributed by atoms with Gasteiger partial charge >= 0.3 is 0 Å². The van der Waals surface area contributed by atoms with Crippen LogP contribution < -0.4 is 16.4 Å². The maximum Gasteiger partial charge on any atom is 0.0937 e. The van der Waals surface area contributed by atoms with Gasteiger partial charge in [-0.25, -0.2) is 0 Å². The molecule has 0 radical (unpaired) electrons. The van der Waals surface area contributed by atoms with Crippen LogP contribution in [0.2, 0.25) is 0 Å². The standard InChI is InChI=1S/C21H39N3/c1-2-24-20-13-16(23)9-11-18(20)17-10-8-15(22)12-19(17)21(24)14-6-4-3-5-7-14/h14-21H,2-13,22-23H2,1H3/p+1. The molecule has 3 saturated carbocycles. The zero-order valence-corrected chi connectivity index (χ0v) is 15.8. The number of nitrogens with two attached hydrogens (primary N) is 2. The molecular formula is C21H40N3+. The number of fused-ring (bicyclic) bond motifs is 3. The normalized spacial score (nSPS) is 50.1. The highest BCUT2D eigenvalue weighted by molar-refractivity contribution is 4.99. The highest BCUT2D eigenvalue weighted by atomic mass is 15.2. The van der Waals surface area contributed by atoms with Crippen LogP contribution in [0.3, 0.4) is 0 Å². The molecule has 138 valence electrons. The Hall–Kier alpha value is -0.120. The lowest BCUT2D eigenvalue weighted by Crippen LogP contribution is -3.23. The number of rotatable bonds is 2. The van der Waals surface area contributed by atoms with Crippen LogP contribution in [0.25, 0.3) is 0 Å². The minimum Gasteiger partial charge on any atom is -0.330 e. The van der Waals surface area contributed by atoms with Gasteiger partial charge in [0.25, 0.3) is 0 Å². The van der Waals surface area contributed by atoms with Gasteiger partial charge in [0, 0.05) is 36.3 Å². The molecule has 4 fully saturated rings. The molecule has 1 heterocycles. The van der Waals surface area contributed by atoms with Crippen LogP contribution in [0.4, 0.5) is 0 Å². The third-order valence-corrected chi connectivity index (χ3v) is 8.42. The van der Waals surface area contributed by atoms with Gasteiger partial charge < -0.3 is 16.4 Å². The number of likely N-dealkylation sites (tertiary alicyclic amines) is 1. The van der Waals surface area contributed by atoms with Crippen LogP contribution in [-0.4, -0.2) is 30.7 Å². The summed E-state index contributed by atoms with van der Waals surface area (Å²) in [6.07, 6.45) is 15.3. The van der Waals surface area contributed by atoms with Crippen molar-refractivity contribution in [2.45, 2.75) is 102 Å². The Morgan fingerprint density at radius 3 is 2.12 bits per heavy atom. The summed E-state index contributed by atoms with van der Waals surface area (Å²) in [6, 6.07) is 2.67. The van der Waals surface area contributed by atoms with Gasteiger partial charge in [-0.1, -0.05) is 19.3 Å². The topological polar surface area (TPSA) is 56.5 Å². The highest BCUT2D eigenvalue weighted by Crippen LogP contribution is 2.47. The van der Waals surface area contributed by atoms with Crippen LogP contribution >= 0.6 is 0 Å². The molecule has 1 saturated heterocycles. The third-order valence-electron chi connectivity index (χ3n) is 8.42. The SMILES string of the molecule is CC[NH+]1C2CC(N)CCC2C2CCC(N)CC2C1C1CCCCC1. The van der Waals surface area contributed by atoms with E-state index in [1.807, 2.05) is 4.90 Å².